The standard InChI is InChI=1S/C19H30F2N4O3S.HI/c1-22-19(23-7-10-28-11-12-29(2,26)27)24-16-5-8-25(9-6-16)14-15-3-4-17(20)18(21)13-15;/h3-4,13,16H,5-12,14H2,1-2H3,(H2,22,23,24);1H. The SMILES string of the molecule is CN=C(NCCOCCS(C)(=O)=O)NC1CCN(Cc2ccc(F)c(F)c2)CC1.I. The van der Waals surface area contributed by atoms with Gasteiger partial charge in [-0.15, -0.1) is 24.0 Å². The lowest BCUT2D eigenvalue weighted by Crippen LogP contribution is -2.49. The van der Waals surface area contributed by atoms with Gasteiger partial charge in [0.1, 0.15) is 9.84 Å². The third-order valence-corrected chi connectivity index (χ3v) is 5.59. The molecular weight excluding hydrogens is 529 g/mol. The van der Waals surface area contributed by atoms with E-state index >= 15 is 0 Å². The van der Waals surface area contributed by atoms with Gasteiger partial charge in [-0.05, 0) is 30.5 Å². The first-order chi connectivity index (χ1) is 13.8. The molecule has 1 heterocycles. The van der Waals surface area contributed by atoms with E-state index in [9.17, 15) is 17.2 Å². The van der Waals surface area contributed by atoms with Gasteiger partial charge in [-0.2, -0.15) is 0 Å². The summed E-state index contributed by atoms with van der Waals surface area (Å²) in [7, 11) is -1.31. The van der Waals surface area contributed by atoms with Crippen LogP contribution in [0, 0.1) is 11.6 Å². The number of hydrogen-bond acceptors (Lipinski definition) is 5. The smallest absolute Gasteiger partial charge is 0.191 e. The number of halogens is 3. The van der Waals surface area contributed by atoms with E-state index < -0.39 is 21.5 Å². The van der Waals surface area contributed by atoms with Crippen molar-refractivity contribution in [2.45, 2.75) is 25.4 Å². The molecule has 1 aliphatic heterocycles. The molecule has 1 fully saturated rings. The fourth-order valence-corrected chi connectivity index (χ4v) is 3.49. The molecule has 0 aliphatic carbocycles. The summed E-state index contributed by atoms with van der Waals surface area (Å²) in [6, 6.07) is 4.31. The van der Waals surface area contributed by atoms with E-state index in [2.05, 4.69) is 20.5 Å². The second-order valence-electron chi connectivity index (χ2n) is 7.18. The molecule has 1 aromatic rings. The lowest BCUT2D eigenvalue weighted by Gasteiger charge is -2.33. The fraction of sp³-hybridized carbons (Fsp3) is 0.632. The van der Waals surface area contributed by atoms with E-state index in [1.807, 2.05) is 0 Å². The van der Waals surface area contributed by atoms with Crippen molar-refractivity contribution in [2.75, 3.05) is 51.9 Å². The number of piperidine rings is 1. The molecule has 1 saturated heterocycles. The first kappa shape index (κ1) is 27.0. The molecule has 7 nitrogen and oxygen atoms in total. The van der Waals surface area contributed by atoms with Gasteiger partial charge in [0.25, 0.3) is 0 Å². The van der Waals surface area contributed by atoms with Crippen LogP contribution in [-0.2, 0) is 21.1 Å². The molecule has 2 N–H and O–H groups in total. The van der Waals surface area contributed by atoms with Crippen LogP contribution in [-0.4, -0.2) is 77.2 Å². The van der Waals surface area contributed by atoms with Gasteiger partial charge in [-0.3, -0.25) is 9.89 Å². The third kappa shape index (κ3) is 10.3. The topological polar surface area (TPSA) is 83.0 Å². The number of guanidine groups is 1. The molecule has 0 amide bonds. The second kappa shape index (κ2) is 13.4. The molecule has 2 rings (SSSR count). The maximum Gasteiger partial charge on any atom is 0.191 e. The van der Waals surface area contributed by atoms with Crippen molar-refractivity contribution in [1.29, 1.82) is 0 Å². The summed E-state index contributed by atoms with van der Waals surface area (Å²) < 4.78 is 53.7. The summed E-state index contributed by atoms with van der Waals surface area (Å²) in [6.07, 6.45) is 3.01. The molecule has 30 heavy (non-hydrogen) atoms. The van der Waals surface area contributed by atoms with Crippen molar-refractivity contribution in [3.05, 3.63) is 35.4 Å². The maximum absolute atomic E-state index is 13.3. The zero-order chi connectivity index (χ0) is 21.3. The summed E-state index contributed by atoms with van der Waals surface area (Å²) >= 11 is 0. The highest BCUT2D eigenvalue weighted by molar-refractivity contribution is 14.0. The lowest BCUT2D eigenvalue weighted by molar-refractivity contribution is 0.153. The van der Waals surface area contributed by atoms with Crippen molar-refractivity contribution < 1.29 is 21.9 Å². The number of sulfone groups is 1. The third-order valence-electron chi connectivity index (χ3n) is 4.68. The molecule has 11 heteroatoms. The molecule has 0 bridgehead atoms. The Balaban J connectivity index is 0.00000450. The second-order valence-corrected chi connectivity index (χ2v) is 9.44. The highest BCUT2D eigenvalue weighted by Crippen LogP contribution is 2.15. The maximum atomic E-state index is 13.3. The summed E-state index contributed by atoms with van der Waals surface area (Å²) in [5.74, 6) is -0.940. The minimum absolute atomic E-state index is 0. The Kier molecular flexibility index (Phi) is 12.0. The van der Waals surface area contributed by atoms with Crippen LogP contribution >= 0.6 is 24.0 Å². The highest BCUT2D eigenvalue weighted by Gasteiger charge is 2.20. The number of nitrogens with one attached hydrogen (secondary N) is 2. The van der Waals surface area contributed by atoms with Crippen molar-refractivity contribution in [3.8, 4) is 0 Å². The number of nitrogens with zero attached hydrogens (tertiary/aromatic N) is 2. The van der Waals surface area contributed by atoms with E-state index in [1.165, 1.54) is 18.4 Å². The Hall–Kier alpha value is -1.05. The molecule has 0 spiro atoms. The monoisotopic (exact) mass is 560 g/mol. The summed E-state index contributed by atoms with van der Waals surface area (Å²) in [5.41, 5.74) is 0.767. The zero-order valence-corrected chi connectivity index (χ0v) is 20.5. The lowest BCUT2D eigenvalue weighted by atomic mass is 10.0. The number of aliphatic imine (C=N–C) groups is 1. The number of benzene rings is 1. The predicted molar refractivity (Wildman–Crippen MR) is 125 cm³/mol. The van der Waals surface area contributed by atoms with Gasteiger partial charge in [-0.25, -0.2) is 17.2 Å². The zero-order valence-electron chi connectivity index (χ0n) is 17.4. The van der Waals surface area contributed by atoms with Crippen molar-refractivity contribution in [2.24, 2.45) is 4.99 Å². The highest BCUT2D eigenvalue weighted by atomic mass is 127. The number of likely N-dealkylation sites (tertiary alicyclic amines) is 1. The number of rotatable bonds is 9. The van der Waals surface area contributed by atoms with Gasteiger partial charge >= 0.3 is 0 Å². The van der Waals surface area contributed by atoms with Crippen LogP contribution in [0.25, 0.3) is 0 Å². The summed E-state index contributed by atoms with van der Waals surface area (Å²) in [4.78, 5) is 6.42. The molecule has 0 aromatic heterocycles. The van der Waals surface area contributed by atoms with E-state index in [0.717, 1.165) is 31.5 Å². The molecule has 1 aromatic carbocycles. The van der Waals surface area contributed by atoms with Gasteiger partial charge in [-0.1, -0.05) is 6.07 Å². The van der Waals surface area contributed by atoms with Crippen LogP contribution < -0.4 is 10.6 Å². The fourth-order valence-electron chi connectivity index (χ4n) is 3.07. The van der Waals surface area contributed by atoms with Crippen LogP contribution in [0.15, 0.2) is 23.2 Å². The Labute approximate surface area is 194 Å². The molecule has 172 valence electrons. The average Bonchev–Trinajstić information content (AvgIpc) is 2.67. The van der Waals surface area contributed by atoms with Gasteiger partial charge in [0.05, 0.1) is 19.0 Å². The largest absolute Gasteiger partial charge is 0.379 e. The predicted octanol–water partition coefficient (Wildman–Crippen LogP) is 1.77. The Bertz CT molecular complexity index is 788. The van der Waals surface area contributed by atoms with Crippen LogP contribution in [0.2, 0.25) is 0 Å². The molecule has 0 saturated carbocycles. The minimum Gasteiger partial charge on any atom is -0.379 e. The van der Waals surface area contributed by atoms with Gasteiger partial charge in [0.2, 0.25) is 0 Å². The number of hydrogen-bond donors (Lipinski definition) is 2. The molecule has 0 radical (unpaired) electrons. The first-order valence-corrected chi connectivity index (χ1v) is 11.7. The summed E-state index contributed by atoms with van der Waals surface area (Å²) in [5, 5.41) is 6.52. The van der Waals surface area contributed by atoms with Gasteiger partial charge in [0.15, 0.2) is 17.6 Å². The van der Waals surface area contributed by atoms with Crippen LogP contribution in [0.4, 0.5) is 8.78 Å². The molecule has 0 unspecified atom stereocenters. The van der Waals surface area contributed by atoms with E-state index in [-0.39, 0.29) is 42.4 Å². The first-order valence-electron chi connectivity index (χ1n) is 9.66. The van der Waals surface area contributed by atoms with Crippen molar-refractivity contribution in [1.82, 2.24) is 15.5 Å². The Morgan fingerprint density at radius 2 is 1.93 bits per heavy atom. The van der Waals surface area contributed by atoms with Crippen LogP contribution in [0.1, 0.15) is 18.4 Å². The minimum atomic E-state index is -3.00. The Morgan fingerprint density at radius 3 is 2.53 bits per heavy atom. The number of ether oxygens (including phenoxy) is 1. The molecule has 0 atom stereocenters. The van der Waals surface area contributed by atoms with Gasteiger partial charge in [0, 0.05) is 45.5 Å². The van der Waals surface area contributed by atoms with E-state index in [4.69, 9.17) is 4.74 Å². The van der Waals surface area contributed by atoms with Gasteiger partial charge < -0.3 is 15.4 Å². The molecule has 1 aliphatic rings. The van der Waals surface area contributed by atoms with E-state index in [1.54, 1.807) is 13.1 Å². The van der Waals surface area contributed by atoms with Crippen LogP contribution in [0.5, 0.6) is 0 Å². The summed E-state index contributed by atoms with van der Waals surface area (Å²) in [6.45, 7) is 3.40. The molecular formula is C19H31F2IN4O3S. The van der Waals surface area contributed by atoms with Crippen molar-refractivity contribution in [3.63, 3.8) is 0 Å². The van der Waals surface area contributed by atoms with Crippen molar-refractivity contribution >= 4 is 39.8 Å². The normalized spacial score (nSPS) is 16.2. The Morgan fingerprint density at radius 1 is 1.23 bits per heavy atom. The van der Waals surface area contributed by atoms with E-state index in [0.29, 0.717) is 25.7 Å². The van der Waals surface area contributed by atoms with Crippen LogP contribution in [0.3, 0.4) is 0 Å². The quantitative estimate of drug-likeness (QED) is 0.208. The average molecular weight is 560 g/mol.